The van der Waals surface area contributed by atoms with Gasteiger partial charge in [-0.2, -0.15) is 0 Å². The molecule has 3 N–H and O–H groups in total. The lowest BCUT2D eigenvalue weighted by atomic mass is 10.2. The molecule has 10 heteroatoms. The van der Waals surface area contributed by atoms with Crippen molar-refractivity contribution in [3.05, 3.63) is 63.7 Å². The Hall–Kier alpha value is -3.01. The van der Waals surface area contributed by atoms with Crippen molar-refractivity contribution in [3.63, 3.8) is 0 Å². The number of nitrogens with two attached hydrogens (primary N) is 1. The molecule has 0 unspecified atom stereocenters. The van der Waals surface area contributed by atoms with Crippen LogP contribution < -0.4 is 11.1 Å². The highest BCUT2D eigenvalue weighted by molar-refractivity contribution is 8.00. The Kier molecular flexibility index (Phi) is 5.65. The van der Waals surface area contributed by atoms with Crippen molar-refractivity contribution in [2.75, 3.05) is 11.1 Å². The van der Waals surface area contributed by atoms with Crippen LogP contribution in [0.2, 0.25) is 0 Å². The molecule has 130 valence electrons. The molecule has 2 rings (SSSR count). The highest BCUT2D eigenvalue weighted by Gasteiger charge is 2.18. The SMILES string of the molecule is NC(=O)c1ccc(SCC(=O)Nc2cc(F)cc(F)c2)c([N+](=O)[O-])c1. The lowest BCUT2D eigenvalue weighted by Gasteiger charge is -2.07. The number of nitro groups is 1. The van der Waals surface area contributed by atoms with E-state index in [2.05, 4.69) is 5.32 Å². The third-order valence-corrected chi connectivity index (χ3v) is 4.01. The second kappa shape index (κ2) is 7.71. The molecule has 0 heterocycles. The van der Waals surface area contributed by atoms with E-state index in [1.54, 1.807) is 0 Å². The summed E-state index contributed by atoms with van der Waals surface area (Å²) in [5.74, 6) is -3.36. The van der Waals surface area contributed by atoms with Crippen LogP contribution >= 0.6 is 11.8 Å². The van der Waals surface area contributed by atoms with Crippen LogP contribution in [-0.2, 0) is 4.79 Å². The molecule has 0 saturated carbocycles. The summed E-state index contributed by atoms with van der Waals surface area (Å²) in [6.45, 7) is 0. The molecule has 0 bridgehead atoms. The summed E-state index contributed by atoms with van der Waals surface area (Å²) in [6, 6.07) is 6.17. The van der Waals surface area contributed by atoms with Gasteiger partial charge in [-0.05, 0) is 24.3 Å². The molecule has 0 aliphatic heterocycles. The minimum Gasteiger partial charge on any atom is -0.366 e. The molecule has 2 aromatic rings. The summed E-state index contributed by atoms with van der Waals surface area (Å²) < 4.78 is 26.1. The molecule has 0 aromatic heterocycles. The summed E-state index contributed by atoms with van der Waals surface area (Å²) in [7, 11) is 0. The Morgan fingerprint density at radius 2 is 1.80 bits per heavy atom. The smallest absolute Gasteiger partial charge is 0.283 e. The van der Waals surface area contributed by atoms with Crippen molar-refractivity contribution in [2.24, 2.45) is 5.73 Å². The van der Waals surface area contributed by atoms with E-state index in [1.807, 2.05) is 0 Å². The first kappa shape index (κ1) is 18.3. The molecule has 0 saturated heterocycles. The number of halogens is 2. The van der Waals surface area contributed by atoms with E-state index >= 15 is 0 Å². The Labute approximate surface area is 144 Å². The summed E-state index contributed by atoms with van der Waals surface area (Å²) in [5, 5.41) is 13.4. The molecule has 25 heavy (non-hydrogen) atoms. The maximum Gasteiger partial charge on any atom is 0.283 e. The summed E-state index contributed by atoms with van der Waals surface area (Å²) >= 11 is 0.838. The van der Waals surface area contributed by atoms with Crippen molar-refractivity contribution < 1.29 is 23.3 Å². The van der Waals surface area contributed by atoms with Gasteiger partial charge in [0.2, 0.25) is 11.8 Å². The average Bonchev–Trinajstić information content (AvgIpc) is 2.51. The van der Waals surface area contributed by atoms with Crippen molar-refractivity contribution >= 4 is 35.0 Å². The first-order valence-electron chi connectivity index (χ1n) is 6.73. The molecule has 0 radical (unpaired) electrons. The molecule has 0 atom stereocenters. The predicted octanol–water partition coefficient (Wildman–Crippen LogP) is 2.70. The van der Waals surface area contributed by atoms with Gasteiger partial charge >= 0.3 is 0 Å². The lowest BCUT2D eigenvalue weighted by Crippen LogP contribution is -2.14. The molecule has 0 spiro atoms. The van der Waals surface area contributed by atoms with E-state index < -0.39 is 28.4 Å². The van der Waals surface area contributed by atoms with Gasteiger partial charge in [0.25, 0.3) is 5.69 Å². The van der Waals surface area contributed by atoms with Crippen LogP contribution in [0.15, 0.2) is 41.3 Å². The monoisotopic (exact) mass is 367 g/mol. The van der Waals surface area contributed by atoms with Gasteiger partial charge in [0.05, 0.1) is 15.6 Å². The summed E-state index contributed by atoms with van der Waals surface area (Å²) in [5.41, 5.74) is 4.60. The predicted molar refractivity (Wildman–Crippen MR) is 87.3 cm³/mol. The van der Waals surface area contributed by atoms with E-state index in [0.29, 0.717) is 6.07 Å². The summed E-state index contributed by atoms with van der Waals surface area (Å²) in [4.78, 5) is 33.4. The topological polar surface area (TPSA) is 115 Å². The maximum absolute atomic E-state index is 13.1. The molecule has 7 nitrogen and oxygen atoms in total. The number of nitrogens with zero attached hydrogens (tertiary/aromatic N) is 1. The van der Waals surface area contributed by atoms with E-state index in [-0.39, 0.29) is 27.6 Å². The minimum absolute atomic E-state index is 0.0317. The van der Waals surface area contributed by atoms with Gasteiger partial charge in [-0.3, -0.25) is 19.7 Å². The number of thioether (sulfide) groups is 1. The number of nitrogens with one attached hydrogen (secondary N) is 1. The van der Waals surface area contributed by atoms with Crippen LogP contribution in [0.5, 0.6) is 0 Å². The zero-order valence-electron chi connectivity index (χ0n) is 12.5. The fraction of sp³-hybridized carbons (Fsp3) is 0.0667. The van der Waals surface area contributed by atoms with Gasteiger partial charge in [0.1, 0.15) is 11.6 Å². The van der Waals surface area contributed by atoms with Gasteiger partial charge in [-0.25, -0.2) is 8.78 Å². The molecule has 0 fully saturated rings. The van der Waals surface area contributed by atoms with E-state index in [4.69, 9.17) is 5.73 Å². The highest BCUT2D eigenvalue weighted by Crippen LogP contribution is 2.30. The number of primary amides is 1. The van der Waals surface area contributed by atoms with E-state index in [9.17, 15) is 28.5 Å². The molecule has 0 aliphatic rings. The van der Waals surface area contributed by atoms with Crippen LogP contribution in [0.1, 0.15) is 10.4 Å². The van der Waals surface area contributed by atoms with Crippen molar-refractivity contribution in [2.45, 2.75) is 4.90 Å². The maximum atomic E-state index is 13.1. The van der Waals surface area contributed by atoms with Gasteiger partial charge < -0.3 is 11.1 Å². The normalized spacial score (nSPS) is 10.3. The van der Waals surface area contributed by atoms with Crippen molar-refractivity contribution in [3.8, 4) is 0 Å². The van der Waals surface area contributed by atoms with Gasteiger partial charge in [0.15, 0.2) is 0 Å². The van der Waals surface area contributed by atoms with Crippen LogP contribution in [0.4, 0.5) is 20.2 Å². The van der Waals surface area contributed by atoms with Crippen molar-refractivity contribution in [1.82, 2.24) is 0 Å². The number of amides is 2. The third-order valence-electron chi connectivity index (χ3n) is 2.95. The molecule has 2 amide bonds. The number of rotatable bonds is 6. The van der Waals surface area contributed by atoms with Crippen molar-refractivity contribution in [1.29, 1.82) is 0 Å². The first-order chi connectivity index (χ1) is 11.8. The second-order valence-electron chi connectivity index (χ2n) is 4.80. The Bertz CT molecular complexity index is 840. The number of benzene rings is 2. The number of carbonyl (C=O) groups is 2. The first-order valence-corrected chi connectivity index (χ1v) is 7.72. The fourth-order valence-corrected chi connectivity index (χ4v) is 2.71. The number of anilines is 1. The van der Waals surface area contributed by atoms with Gasteiger partial charge in [-0.1, -0.05) is 0 Å². The van der Waals surface area contributed by atoms with Crippen LogP contribution in [0.3, 0.4) is 0 Å². The largest absolute Gasteiger partial charge is 0.366 e. The lowest BCUT2D eigenvalue weighted by molar-refractivity contribution is -0.387. The summed E-state index contributed by atoms with van der Waals surface area (Å²) in [6.07, 6.45) is 0. The zero-order chi connectivity index (χ0) is 18.6. The molecule has 2 aromatic carbocycles. The van der Waals surface area contributed by atoms with Gasteiger partial charge in [-0.15, -0.1) is 11.8 Å². The molecular formula is C15H11F2N3O4S. The third kappa shape index (κ3) is 4.98. The average molecular weight is 367 g/mol. The Balaban J connectivity index is 2.08. The quantitative estimate of drug-likeness (QED) is 0.463. The van der Waals surface area contributed by atoms with Gasteiger partial charge in [0, 0.05) is 23.4 Å². The number of hydrogen-bond donors (Lipinski definition) is 2. The highest BCUT2D eigenvalue weighted by atomic mass is 32.2. The Morgan fingerprint density at radius 3 is 2.36 bits per heavy atom. The standard InChI is InChI=1S/C15H11F2N3O4S/c16-9-4-10(17)6-11(5-9)19-14(21)7-25-13-2-1-8(15(18)22)3-12(13)20(23)24/h1-6H,7H2,(H2,18,22)(H,19,21). The van der Waals surface area contributed by atoms with E-state index in [0.717, 1.165) is 30.0 Å². The Morgan fingerprint density at radius 1 is 1.16 bits per heavy atom. The number of carbonyl (C=O) groups excluding carboxylic acids is 2. The van der Waals surface area contributed by atoms with Crippen LogP contribution in [0, 0.1) is 21.7 Å². The minimum atomic E-state index is -0.847. The second-order valence-corrected chi connectivity index (χ2v) is 5.82. The number of nitro benzene ring substituents is 1. The van der Waals surface area contributed by atoms with Crippen LogP contribution in [-0.4, -0.2) is 22.5 Å². The zero-order valence-corrected chi connectivity index (χ0v) is 13.3. The molecular weight excluding hydrogens is 356 g/mol. The van der Waals surface area contributed by atoms with E-state index in [1.165, 1.54) is 12.1 Å². The fourth-order valence-electron chi connectivity index (χ4n) is 1.90. The molecule has 0 aliphatic carbocycles. The number of hydrogen-bond acceptors (Lipinski definition) is 5. The van der Waals surface area contributed by atoms with Crippen LogP contribution in [0.25, 0.3) is 0 Å².